The van der Waals surface area contributed by atoms with E-state index in [4.69, 9.17) is 4.74 Å². The van der Waals surface area contributed by atoms with Gasteiger partial charge in [-0.1, -0.05) is 84.9 Å². The van der Waals surface area contributed by atoms with Gasteiger partial charge in [0.05, 0.1) is 11.4 Å². The summed E-state index contributed by atoms with van der Waals surface area (Å²) in [6, 6.07) is 51.7. The molecule has 2 aliphatic heterocycles. The Morgan fingerprint density at radius 2 is 1.09 bits per heavy atom. The molecule has 0 aromatic heterocycles. The van der Waals surface area contributed by atoms with Crippen molar-refractivity contribution in [2.45, 2.75) is 9.79 Å². The minimum Gasteiger partial charge on any atom is -0.454 e. The van der Waals surface area contributed by atoms with Gasteiger partial charge < -0.3 is 14.5 Å². The molecule has 0 saturated heterocycles. The highest BCUT2D eigenvalue weighted by molar-refractivity contribution is 7.91. The lowest BCUT2D eigenvalue weighted by Crippen LogP contribution is -2.17. The van der Waals surface area contributed by atoms with E-state index in [1.165, 1.54) is 5.56 Å². The normalized spacial score (nSPS) is 13.7. The number of fused-ring (bicyclic) bond motifs is 4. The summed E-state index contributed by atoms with van der Waals surface area (Å²) in [5, 5.41) is 2.31. The molecule has 2 heterocycles. The summed E-state index contributed by atoms with van der Waals surface area (Å²) in [5.74, 6) is 0.599. The maximum atomic E-state index is 14.0. The molecule has 7 aromatic rings. The second-order valence-corrected chi connectivity index (χ2v) is 13.3. The molecule has 0 N–H and O–H groups in total. The zero-order chi connectivity index (χ0) is 30.8. The molecule has 0 bridgehead atoms. The summed E-state index contributed by atoms with van der Waals surface area (Å²) >= 11 is 0. The van der Waals surface area contributed by atoms with Crippen molar-refractivity contribution in [3.63, 3.8) is 0 Å². The van der Waals surface area contributed by atoms with E-state index >= 15 is 0 Å². The number of para-hydroxylation sites is 3. The van der Waals surface area contributed by atoms with E-state index in [0.717, 1.165) is 50.5 Å². The van der Waals surface area contributed by atoms with Crippen LogP contribution < -0.4 is 14.5 Å². The Hall–Kier alpha value is -5.85. The van der Waals surface area contributed by atoms with Crippen molar-refractivity contribution in [2.24, 2.45) is 0 Å². The molecule has 6 heteroatoms. The van der Waals surface area contributed by atoms with Crippen LogP contribution in [0, 0.1) is 0 Å². The molecule has 9 rings (SSSR count). The highest BCUT2D eigenvalue weighted by Crippen LogP contribution is 2.53. The van der Waals surface area contributed by atoms with Gasteiger partial charge in [-0.25, -0.2) is 8.42 Å². The van der Waals surface area contributed by atoms with Gasteiger partial charge in [0.2, 0.25) is 9.84 Å². The molecule has 0 saturated carbocycles. The Balaban J connectivity index is 1.19. The van der Waals surface area contributed by atoms with Crippen molar-refractivity contribution < 1.29 is 13.2 Å². The van der Waals surface area contributed by atoms with Gasteiger partial charge >= 0.3 is 0 Å². The average molecular weight is 615 g/mol. The number of rotatable bonds is 4. The highest BCUT2D eigenvalue weighted by Gasteiger charge is 2.34. The lowest BCUT2D eigenvalue weighted by Gasteiger charge is -2.34. The van der Waals surface area contributed by atoms with E-state index < -0.39 is 9.84 Å². The predicted octanol–water partition coefficient (Wildman–Crippen LogP) is 10.7. The van der Waals surface area contributed by atoms with Gasteiger partial charge in [-0.05, 0) is 71.6 Å². The van der Waals surface area contributed by atoms with E-state index in [0.29, 0.717) is 11.5 Å². The second-order valence-electron chi connectivity index (χ2n) is 11.4. The van der Waals surface area contributed by atoms with Crippen molar-refractivity contribution in [2.75, 3.05) is 9.80 Å². The van der Waals surface area contributed by atoms with E-state index in [9.17, 15) is 8.42 Å². The van der Waals surface area contributed by atoms with Gasteiger partial charge in [-0.2, -0.15) is 0 Å². The molecule has 0 aliphatic carbocycles. The Labute approximate surface area is 267 Å². The first-order valence-electron chi connectivity index (χ1n) is 15.1. The lowest BCUT2D eigenvalue weighted by molar-refractivity contribution is 0.443. The first-order valence-corrected chi connectivity index (χ1v) is 16.6. The van der Waals surface area contributed by atoms with Gasteiger partial charge in [0.1, 0.15) is 21.3 Å². The molecule has 220 valence electrons. The number of ether oxygens (including phenoxy) is 1. The molecule has 0 radical (unpaired) electrons. The standard InChI is InChI=1S/C40H26N2O3S/c43-46(44)38-23-21-30(41(28-13-3-1-4-14-28)29-15-5-2-6-16-29)25-36(38)45-37-26-31(22-24-39(37)46)42-34-19-8-7-17-32(34)33-18-9-11-27-12-10-20-35(42)40(27)33/h1-26H. The summed E-state index contributed by atoms with van der Waals surface area (Å²) < 4.78 is 34.5. The van der Waals surface area contributed by atoms with Gasteiger partial charge in [0.25, 0.3) is 0 Å². The molecular weight excluding hydrogens is 589 g/mol. The summed E-state index contributed by atoms with van der Waals surface area (Å²) in [5.41, 5.74) is 7.87. The minimum absolute atomic E-state index is 0.152. The molecule has 0 atom stereocenters. The van der Waals surface area contributed by atoms with Gasteiger partial charge in [0, 0.05) is 45.8 Å². The smallest absolute Gasteiger partial charge is 0.213 e. The van der Waals surface area contributed by atoms with Crippen LogP contribution in [0.5, 0.6) is 11.5 Å². The molecule has 7 aromatic carbocycles. The van der Waals surface area contributed by atoms with Crippen molar-refractivity contribution in [3.05, 3.63) is 158 Å². The van der Waals surface area contributed by atoms with Crippen LogP contribution in [-0.4, -0.2) is 8.42 Å². The number of hydrogen-bond acceptors (Lipinski definition) is 5. The SMILES string of the molecule is O=S1(=O)c2ccc(N(c3ccccc3)c3ccccc3)cc2Oc2cc(N3c4ccccc4-c4cccc5cccc3c45)ccc21. The first-order chi connectivity index (χ1) is 22.6. The van der Waals surface area contributed by atoms with Crippen LogP contribution >= 0.6 is 0 Å². The molecule has 46 heavy (non-hydrogen) atoms. The zero-order valence-electron chi connectivity index (χ0n) is 24.5. The van der Waals surface area contributed by atoms with Crippen LogP contribution in [0.1, 0.15) is 0 Å². The third-order valence-corrected chi connectivity index (χ3v) is 10.6. The van der Waals surface area contributed by atoms with E-state index in [2.05, 4.69) is 64.4 Å². The van der Waals surface area contributed by atoms with Crippen LogP contribution in [-0.2, 0) is 9.84 Å². The number of sulfone groups is 1. The maximum Gasteiger partial charge on any atom is 0.213 e. The fraction of sp³-hybridized carbons (Fsp3) is 0. The van der Waals surface area contributed by atoms with Crippen molar-refractivity contribution in [1.82, 2.24) is 0 Å². The van der Waals surface area contributed by atoms with Gasteiger partial charge in [0.15, 0.2) is 0 Å². The monoisotopic (exact) mass is 614 g/mol. The van der Waals surface area contributed by atoms with E-state index in [1.807, 2.05) is 91.0 Å². The van der Waals surface area contributed by atoms with E-state index in [-0.39, 0.29) is 9.79 Å². The molecule has 0 unspecified atom stereocenters. The first kappa shape index (κ1) is 26.5. The summed E-state index contributed by atoms with van der Waals surface area (Å²) in [6.45, 7) is 0. The fourth-order valence-electron chi connectivity index (χ4n) is 6.75. The number of nitrogens with zero attached hydrogens (tertiary/aromatic N) is 2. The average Bonchev–Trinajstić information content (AvgIpc) is 3.09. The largest absolute Gasteiger partial charge is 0.454 e. The molecule has 0 fully saturated rings. The van der Waals surface area contributed by atoms with Gasteiger partial charge in [-0.15, -0.1) is 0 Å². The summed E-state index contributed by atoms with van der Waals surface area (Å²) in [7, 11) is -3.83. The van der Waals surface area contributed by atoms with Crippen LogP contribution in [0.15, 0.2) is 168 Å². The molecule has 2 aliphatic rings. The van der Waals surface area contributed by atoms with Gasteiger partial charge in [-0.3, -0.25) is 0 Å². The van der Waals surface area contributed by atoms with Crippen molar-refractivity contribution in [1.29, 1.82) is 0 Å². The quantitative estimate of drug-likeness (QED) is 0.197. The molecule has 5 nitrogen and oxygen atoms in total. The Morgan fingerprint density at radius 1 is 0.500 bits per heavy atom. The maximum absolute atomic E-state index is 14.0. The minimum atomic E-state index is -3.83. The van der Waals surface area contributed by atoms with Crippen LogP contribution in [0.2, 0.25) is 0 Å². The van der Waals surface area contributed by atoms with Crippen molar-refractivity contribution in [3.8, 4) is 22.6 Å². The number of anilines is 6. The third-order valence-electron chi connectivity index (χ3n) is 8.76. The van der Waals surface area contributed by atoms with Crippen LogP contribution in [0.3, 0.4) is 0 Å². The van der Waals surface area contributed by atoms with Crippen molar-refractivity contribution >= 4 is 54.7 Å². The topological polar surface area (TPSA) is 49.9 Å². The van der Waals surface area contributed by atoms with E-state index in [1.54, 1.807) is 12.1 Å². The Morgan fingerprint density at radius 3 is 1.83 bits per heavy atom. The molecule has 0 amide bonds. The van der Waals surface area contributed by atoms with Crippen LogP contribution in [0.4, 0.5) is 34.1 Å². The fourth-order valence-corrected chi connectivity index (χ4v) is 8.21. The summed E-state index contributed by atoms with van der Waals surface area (Å²) in [6.07, 6.45) is 0. The molecule has 0 spiro atoms. The summed E-state index contributed by atoms with van der Waals surface area (Å²) in [4.78, 5) is 4.59. The third kappa shape index (κ3) is 3.97. The Bertz CT molecular complexity index is 2380. The molecular formula is C40H26N2O3S. The lowest BCUT2D eigenvalue weighted by atomic mass is 9.91. The predicted molar refractivity (Wildman–Crippen MR) is 184 cm³/mol. The Kier molecular flexibility index (Phi) is 5.82. The highest BCUT2D eigenvalue weighted by atomic mass is 32.2. The second kappa shape index (κ2) is 10.1. The number of hydrogen-bond donors (Lipinski definition) is 0. The zero-order valence-corrected chi connectivity index (χ0v) is 25.4. The van der Waals surface area contributed by atoms with Crippen LogP contribution in [0.25, 0.3) is 21.9 Å². The number of benzene rings is 7.